The van der Waals surface area contributed by atoms with Crippen molar-refractivity contribution < 1.29 is 0 Å². The molecule has 0 saturated carbocycles. The van der Waals surface area contributed by atoms with Crippen molar-refractivity contribution in [2.24, 2.45) is 0 Å². The summed E-state index contributed by atoms with van der Waals surface area (Å²) in [7, 11) is 0. The Morgan fingerprint density at radius 2 is 2.11 bits per heavy atom. The molecule has 2 nitrogen and oxygen atoms in total. The molecule has 3 heteroatoms. The molecule has 1 aromatic carbocycles. The van der Waals surface area contributed by atoms with E-state index in [1.54, 1.807) is 0 Å². The highest BCUT2D eigenvalue weighted by atomic mass is 79.9. The van der Waals surface area contributed by atoms with E-state index in [1.165, 1.54) is 44.5 Å². The van der Waals surface area contributed by atoms with Crippen molar-refractivity contribution in [2.45, 2.75) is 38.8 Å². The zero-order valence-corrected chi connectivity index (χ0v) is 12.7. The molecular formula is C15H23BrN2. The minimum atomic E-state index is 0.701. The fourth-order valence-corrected chi connectivity index (χ4v) is 2.89. The highest BCUT2D eigenvalue weighted by Crippen LogP contribution is 2.14. The van der Waals surface area contributed by atoms with E-state index < -0.39 is 0 Å². The molecule has 2 rings (SSSR count). The minimum Gasteiger partial charge on any atom is -0.313 e. The van der Waals surface area contributed by atoms with Crippen molar-refractivity contribution in [3.05, 3.63) is 34.3 Å². The number of hydrogen-bond donors (Lipinski definition) is 1. The van der Waals surface area contributed by atoms with Gasteiger partial charge in [0.05, 0.1) is 0 Å². The predicted octanol–water partition coefficient (Wildman–Crippen LogP) is 3.41. The Kier molecular flexibility index (Phi) is 5.67. The SMILES string of the molecule is CCCN(Cc1ccc(Br)cc1)CC1CCCN1. The molecule has 0 spiro atoms. The van der Waals surface area contributed by atoms with Gasteiger partial charge in [-0.25, -0.2) is 0 Å². The number of halogens is 1. The van der Waals surface area contributed by atoms with Crippen molar-refractivity contribution in [1.29, 1.82) is 0 Å². The van der Waals surface area contributed by atoms with Gasteiger partial charge in [-0.05, 0) is 50.0 Å². The quantitative estimate of drug-likeness (QED) is 0.866. The van der Waals surface area contributed by atoms with Crippen molar-refractivity contribution in [3.63, 3.8) is 0 Å². The summed E-state index contributed by atoms with van der Waals surface area (Å²) in [4.78, 5) is 2.58. The Labute approximate surface area is 119 Å². The van der Waals surface area contributed by atoms with E-state index in [2.05, 4.69) is 57.3 Å². The Balaban J connectivity index is 1.90. The second kappa shape index (κ2) is 7.27. The average Bonchev–Trinajstić information content (AvgIpc) is 2.85. The van der Waals surface area contributed by atoms with Crippen LogP contribution in [0.25, 0.3) is 0 Å². The highest BCUT2D eigenvalue weighted by Gasteiger charge is 2.17. The molecule has 0 bridgehead atoms. The Morgan fingerprint density at radius 3 is 2.72 bits per heavy atom. The summed E-state index contributed by atoms with van der Waals surface area (Å²) in [5.41, 5.74) is 1.41. The van der Waals surface area contributed by atoms with Gasteiger partial charge in [-0.1, -0.05) is 35.0 Å². The Bertz CT molecular complexity index is 344. The molecule has 0 aromatic heterocycles. The standard InChI is InChI=1S/C15H23BrN2/c1-2-10-18(12-15-4-3-9-17-15)11-13-5-7-14(16)8-6-13/h5-8,15,17H,2-4,9-12H2,1H3. The van der Waals surface area contributed by atoms with E-state index in [0.29, 0.717) is 6.04 Å². The maximum absolute atomic E-state index is 3.59. The third kappa shape index (κ3) is 4.38. The summed E-state index contributed by atoms with van der Waals surface area (Å²) < 4.78 is 1.16. The topological polar surface area (TPSA) is 15.3 Å². The van der Waals surface area contributed by atoms with Crippen LogP contribution in [0.1, 0.15) is 31.7 Å². The number of nitrogens with zero attached hydrogens (tertiary/aromatic N) is 1. The monoisotopic (exact) mass is 310 g/mol. The van der Waals surface area contributed by atoms with Crippen LogP contribution < -0.4 is 5.32 Å². The van der Waals surface area contributed by atoms with E-state index in [9.17, 15) is 0 Å². The van der Waals surface area contributed by atoms with Gasteiger partial charge in [0.1, 0.15) is 0 Å². The second-order valence-electron chi connectivity index (χ2n) is 5.15. The summed E-state index contributed by atoms with van der Waals surface area (Å²) in [6.45, 7) is 6.90. The third-order valence-corrected chi connectivity index (χ3v) is 4.03. The third-order valence-electron chi connectivity index (χ3n) is 3.50. The van der Waals surface area contributed by atoms with Gasteiger partial charge in [0, 0.05) is 23.6 Å². The lowest BCUT2D eigenvalue weighted by atomic mass is 10.1. The summed E-state index contributed by atoms with van der Waals surface area (Å²) in [5, 5.41) is 3.59. The van der Waals surface area contributed by atoms with Crippen LogP contribution in [-0.2, 0) is 6.54 Å². The fourth-order valence-electron chi connectivity index (χ4n) is 2.62. The summed E-state index contributed by atoms with van der Waals surface area (Å²) >= 11 is 3.49. The first-order valence-corrected chi connectivity index (χ1v) is 7.77. The van der Waals surface area contributed by atoms with Crippen LogP contribution in [-0.4, -0.2) is 30.6 Å². The molecule has 18 heavy (non-hydrogen) atoms. The van der Waals surface area contributed by atoms with Crippen molar-refractivity contribution in [2.75, 3.05) is 19.6 Å². The number of hydrogen-bond acceptors (Lipinski definition) is 2. The normalized spacial score (nSPS) is 19.6. The van der Waals surface area contributed by atoms with E-state index in [1.807, 2.05) is 0 Å². The summed E-state index contributed by atoms with van der Waals surface area (Å²) in [6.07, 6.45) is 3.90. The second-order valence-corrected chi connectivity index (χ2v) is 6.07. The number of nitrogens with one attached hydrogen (secondary N) is 1. The van der Waals surface area contributed by atoms with E-state index in [0.717, 1.165) is 11.0 Å². The first-order chi connectivity index (χ1) is 8.78. The molecule has 0 aliphatic carbocycles. The Hall–Kier alpha value is -0.380. The van der Waals surface area contributed by atoms with Gasteiger partial charge >= 0.3 is 0 Å². The first-order valence-electron chi connectivity index (χ1n) is 6.98. The number of benzene rings is 1. The maximum atomic E-state index is 3.59. The first kappa shape index (κ1) is 14.0. The van der Waals surface area contributed by atoms with Gasteiger partial charge in [0.15, 0.2) is 0 Å². The van der Waals surface area contributed by atoms with Crippen LogP contribution in [0.3, 0.4) is 0 Å². The van der Waals surface area contributed by atoms with E-state index in [4.69, 9.17) is 0 Å². The van der Waals surface area contributed by atoms with Gasteiger partial charge in [0.2, 0.25) is 0 Å². The fraction of sp³-hybridized carbons (Fsp3) is 0.600. The van der Waals surface area contributed by atoms with Gasteiger partial charge < -0.3 is 5.32 Å². The summed E-state index contributed by atoms with van der Waals surface area (Å²) in [6, 6.07) is 9.40. The molecule has 1 fully saturated rings. The molecule has 1 aromatic rings. The molecule has 1 aliphatic heterocycles. The molecular weight excluding hydrogens is 288 g/mol. The van der Waals surface area contributed by atoms with Gasteiger partial charge in [0.25, 0.3) is 0 Å². The largest absolute Gasteiger partial charge is 0.313 e. The van der Waals surface area contributed by atoms with Crippen molar-refractivity contribution in [3.8, 4) is 0 Å². The average molecular weight is 311 g/mol. The Morgan fingerprint density at radius 1 is 1.33 bits per heavy atom. The zero-order valence-electron chi connectivity index (χ0n) is 11.2. The lowest BCUT2D eigenvalue weighted by molar-refractivity contribution is 0.241. The summed E-state index contributed by atoms with van der Waals surface area (Å²) in [5.74, 6) is 0. The molecule has 1 heterocycles. The van der Waals surface area contributed by atoms with Gasteiger partial charge in [-0.3, -0.25) is 4.90 Å². The zero-order chi connectivity index (χ0) is 12.8. The maximum Gasteiger partial charge on any atom is 0.0234 e. The lowest BCUT2D eigenvalue weighted by Crippen LogP contribution is -2.37. The van der Waals surface area contributed by atoms with E-state index >= 15 is 0 Å². The molecule has 1 aliphatic rings. The van der Waals surface area contributed by atoms with Crippen LogP contribution in [0.5, 0.6) is 0 Å². The smallest absolute Gasteiger partial charge is 0.0234 e. The van der Waals surface area contributed by atoms with Crippen LogP contribution in [0.4, 0.5) is 0 Å². The number of rotatable bonds is 6. The molecule has 1 unspecified atom stereocenters. The van der Waals surface area contributed by atoms with Crippen molar-refractivity contribution in [1.82, 2.24) is 10.2 Å². The molecule has 0 amide bonds. The van der Waals surface area contributed by atoms with Crippen molar-refractivity contribution >= 4 is 15.9 Å². The minimum absolute atomic E-state index is 0.701. The molecule has 0 radical (unpaired) electrons. The molecule has 1 N–H and O–H groups in total. The van der Waals surface area contributed by atoms with Crippen LogP contribution in [0.2, 0.25) is 0 Å². The molecule has 1 saturated heterocycles. The van der Waals surface area contributed by atoms with E-state index in [-0.39, 0.29) is 0 Å². The predicted molar refractivity (Wildman–Crippen MR) is 80.7 cm³/mol. The van der Waals surface area contributed by atoms with Gasteiger partial charge in [-0.15, -0.1) is 0 Å². The van der Waals surface area contributed by atoms with Gasteiger partial charge in [-0.2, -0.15) is 0 Å². The van der Waals surface area contributed by atoms with Crippen LogP contribution in [0.15, 0.2) is 28.7 Å². The lowest BCUT2D eigenvalue weighted by Gasteiger charge is -2.25. The van der Waals surface area contributed by atoms with Crippen LogP contribution in [0, 0.1) is 0 Å². The molecule has 100 valence electrons. The highest BCUT2D eigenvalue weighted by molar-refractivity contribution is 9.10. The molecule has 1 atom stereocenters. The van der Waals surface area contributed by atoms with Crippen LogP contribution >= 0.6 is 15.9 Å².